The molecule has 1 heterocycles. The van der Waals surface area contributed by atoms with Crippen LogP contribution in [0.5, 0.6) is 0 Å². The van der Waals surface area contributed by atoms with E-state index in [0.29, 0.717) is 30.1 Å². The van der Waals surface area contributed by atoms with Crippen LogP contribution in [-0.4, -0.2) is 24.2 Å². The molecule has 3 aromatic rings. The molecular weight excluding hydrogens is 429 g/mol. The fraction of sp³-hybridized carbons (Fsp3) is 0.269. The smallest absolute Gasteiger partial charge is 0.377 e. The van der Waals surface area contributed by atoms with Crippen molar-refractivity contribution in [2.24, 2.45) is 0 Å². The third-order valence-electron chi connectivity index (χ3n) is 5.57. The summed E-state index contributed by atoms with van der Waals surface area (Å²) < 4.78 is 45.8. The highest BCUT2D eigenvalue weighted by Crippen LogP contribution is 2.35. The Hall–Kier alpha value is -3.16. The number of aromatic amines is 1. The molecule has 0 saturated heterocycles. The van der Waals surface area contributed by atoms with Gasteiger partial charge in [0.25, 0.3) is 5.56 Å². The molecule has 0 fully saturated rings. The fourth-order valence-electron chi connectivity index (χ4n) is 3.93. The van der Waals surface area contributed by atoms with Crippen molar-refractivity contribution in [2.45, 2.75) is 31.7 Å². The van der Waals surface area contributed by atoms with E-state index in [1.54, 1.807) is 6.07 Å². The molecule has 1 aromatic heterocycles. The van der Waals surface area contributed by atoms with E-state index in [1.807, 2.05) is 42.5 Å². The fourth-order valence-corrected chi connectivity index (χ4v) is 3.93. The molecule has 1 aliphatic rings. The maximum Gasteiger partial charge on any atom is 0.417 e. The molecule has 0 bridgehead atoms. The molecule has 1 atom stereocenters. The average molecular weight is 454 g/mol. The van der Waals surface area contributed by atoms with E-state index in [2.05, 4.69) is 10.3 Å². The number of pyridine rings is 1. The molecule has 0 saturated carbocycles. The summed E-state index contributed by atoms with van der Waals surface area (Å²) in [6.07, 6.45) is 0.723. The highest BCUT2D eigenvalue weighted by Gasteiger charge is 2.33. The Labute approximate surface area is 189 Å². The van der Waals surface area contributed by atoms with Gasteiger partial charge in [0.15, 0.2) is 0 Å². The van der Waals surface area contributed by atoms with Crippen LogP contribution in [0.4, 0.5) is 13.2 Å². The lowest BCUT2D eigenvalue weighted by Gasteiger charge is -2.17. The van der Waals surface area contributed by atoms with E-state index in [0.717, 1.165) is 24.6 Å². The van der Waals surface area contributed by atoms with Crippen LogP contribution in [0.15, 0.2) is 65.5 Å². The predicted molar refractivity (Wildman–Crippen MR) is 123 cm³/mol. The lowest BCUT2D eigenvalue weighted by molar-refractivity contribution is -0.137. The van der Waals surface area contributed by atoms with Crippen LogP contribution in [0, 0.1) is 0 Å². The monoisotopic (exact) mass is 454 g/mol. The Kier molecular flexibility index (Phi) is 7.11. The summed E-state index contributed by atoms with van der Waals surface area (Å²) in [4.78, 5) is 15.3. The Balaban J connectivity index is 1.39. The molecule has 0 amide bonds. The van der Waals surface area contributed by atoms with E-state index in [-0.39, 0.29) is 17.3 Å². The highest BCUT2D eigenvalue weighted by atomic mass is 19.4. The summed E-state index contributed by atoms with van der Waals surface area (Å²) >= 11 is 0. The largest absolute Gasteiger partial charge is 0.417 e. The number of nitrogens with one attached hydrogen (secondary N) is 2. The molecule has 1 aliphatic carbocycles. The van der Waals surface area contributed by atoms with Gasteiger partial charge >= 0.3 is 6.18 Å². The number of aromatic nitrogens is 1. The number of hydrogen-bond acceptors (Lipinski definition) is 3. The minimum Gasteiger partial charge on any atom is -0.377 e. The molecule has 172 valence electrons. The van der Waals surface area contributed by atoms with Crippen LogP contribution < -0.4 is 21.3 Å². The van der Waals surface area contributed by atoms with Crippen molar-refractivity contribution in [2.75, 3.05) is 13.2 Å². The molecule has 33 heavy (non-hydrogen) atoms. The summed E-state index contributed by atoms with van der Waals surface area (Å²) in [5, 5.41) is 4.52. The van der Waals surface area contributed by atoms with E-state index in [1.165, 1.54) is 18.2 Å². The van der Waals surface area contributed by atoms with Gasteiger partial charge < -0.3 is 15.0 Å². The molecule has 7 heteroatoms. The molecule has 0 radical (unpaired) electrons. The Morgan fingerprint density at radius 3 is 2.61 bits per heavy atom. The zero-order valence-electron chi connectivity index (χ0n) is 18.0. The van der Waals surface area contributed by atoms with Gasteiger partial charge in [0.2, 0.25) is 0 Å². The topological polar surface area (TPSA) is 54.1 Å². The second-order valence-electron chi connectivity index (χ2n) is 7.98. The van der Waals surface area contributed by atoms with Gasteiger partial charge in [0.05, 0.1) is 12.2 Å². The first kappa shape index (κ1) is 23.0. The van der Waals surface area contributed by atoms with Gasteiger partial charge in [-0.1, -0.05) is 60.7 Å². The number of hydrogen-bond donors (Lipinski definition) is 2. The maximum atomic E-state index is 13.4. The van der Waals surface area contributed by atoms with Crippen LogP contribution in [0.1, 0.15) is 24.0 Å². The summed E-state index contributed by atoms with van der Waals surface area (Å²) in [5.74, 6) is 0. The van der Waals surface area contributed by atoms with Crippen molar-refractivity contribution in [3.05, 3.63) is 92.6 Å². The van der Waals surface area contributed by atoms with Crippen molar-refractivity contribution in [1.29, 1.82) is 0 Å². The molecule has 0 aliphatic heterocycles. The van der Waals surface area contributed by atoms with Gasteiger partial charge in [-0.25, -0.2) is 0 Å². The van der Waals surface area contributed by atoms with Gasteiger partial charge in [-0.2, -0.15) is 13.2 Å². The van der Waals surface area contributed by atoms with Crippen LogP contribution in [0.25, 0.3) is 23.4 Å². The first-order valence-electron chi connectivity index (χ1n) is 10.9. The lowest BCUT2D eigenvalue weighted by Crippen LogP contribution is -2.46. The normalized spacial score (nSPS) is 15.4. The van der Waals surface area contributed by atoms with Gasteiger partial charge in [-0.3, -0.25) is 4.79 Å². The average Bonchev–Trinajstić information content (AvgIpc) is 2.81. The van der Waals surface area contributed by atoms with Crippen LogP contribution in [-0.2, 0) is 17.5 Å². The second-order valence-corrected chi connectivity index (χ2v) is 7.98. The molecule has 4 rings (SSSR count). The van der Waals surface area contributed by atoms with Gasteiger partial charge in [0.1, 0.15) is 0 Å². The number of ether oxygens (including phenoxy) is 1. The molecule has 4 nitrogen and oxygen atoms in total. The quantitative estimate of drug-likeness (QED) is 0.512. The van der Waals surface area contributed by atoms with E-state index < -0.39 is 17.3 Å². The van der Waals surface area contributed by atoms with Gasteiger partial charge in [0, 0.05) is 29.1 Å². The summed E-state index contributed by atoms with van der Waals surface area (Å²) in [5.41, 5.74) is 0.101. The van der Waals surface area contributed by atoms with Crippen LogP contribution in [0.3, 0.4) is 0 Å². The van der Waals surface area contributed by atoms with E-state index in [9.17, 15) is 18.0 Å². The summed E-state index contributed by atoms with van der Waals surface area (Å²) in [6.45, 7) is 1.93. The highest BCUT2D eigenvalue weighted by molar-refractivity contribution is 5.65. The van der Waals surface area contributed by atoms with E-state index >= 15 is 0 Å². The van der Waals surface area contributed by atoms with E-state index in [4.69, 9.17) is 4.74 Å². The van der Waals surface area contributed by atoms with Crippen molar-refractivity contribution in [3.8, 4) is 11.3 Å². The minimum absolute atomic E-state index is 0.0129. The first-order chi connectivity index (χ1) is 15.9. The Morgan fingerprint density at radius 2 is 1.82 bits per heavy atom. The Bertz CT molecular complexity index is 1270. The summed E-state index contributed by atoms with van der Waals surface area (Å²) in [7, 11) is 0. The van der Waals surface area contributed by atoms with Crippen LogP contribution in [0.2, 0.25) is 0 Å². The van der Waals surface area contributed by atoms with Crippen molar-refractivity contribution < 1.29 is 17.9 Å². The van der Waals surface area contributed by atoms with Crippen LogP contribution >= 0.6 is 0 Å². The SMILES string of the molecule is O=c1[nH]c(-c2ccccc2C(F)(F)F)cc2c1=CC(NCCCOCc1ccccc1)CC=2. The van der Waals surface area contributed by atoms with Gasteiger partial charge in [-0.15, -0.1) is 0 Å². The summed E-state index contributed by atoms with van der Waals surface area (Å²) in [6, 6.07) is 16.8. The third kappa shape index (κ3) is 5.80. The number of alkyl halides is 3. The van der Waals surface area contributed by atoms with Gasteiger partial charge in [-0.05, 0) is 42.3 Å². The molecule has 2 N–H and O–H groups in total. The Morgan fingerprint density at radius 1 is 1.06 bits per heavy atom. The third-order valence-corrected chi connectivity index (χ3v) is 5.57. The maximum absolute atomic E-state index is 13.4. The number of rotatable bonds is 8. The first-order valence-corrected chi connectivity index (χ1v) is 10.9. The number of halogens is 3. The van der Waals surface area contributed by atoms with Crippen molar-refractivity contribution >= 4 is 12.2 Å². The molecule has 2 aromatic carbocycles. The number of fused-ring (bicyclic) bond motifs is 1. The molecule has 1 unspecified atom stereocenters. The molecule has 0 spiro atoms. The zero-order chi connectivity index (χ0) is 23.3. The van der Waals surface area contributed by atoms with Crippen molar-refractivity contribution in [1.82, 2.24) is 10.3 Å². The standard InChI is InChI=1S/C26H25F3N2O2/c27-26(28,29)23-10-5-4-9-21(23)24-15-19-11-12-20(16-22(19)25(32)31-24)30-13-6-14-33-17-18-7-2-1-3-8-18/h1-5,7-11,15-16,20,30H,6,12-14,17H2,(H,31,32). The number of benzene rings is 2. The predicted octanol–water partition coefficient (Wildman–Crippen LogP) is 3.59. The lowest BCUT2D eigenvalue weighted by atomic mass is 10.00. The van der Waals surface area contributed by atoms with Crippen molar-refractivity contribution in [3.63, 3.8) is 0 Å². The zero-order valence-corrected chi connectivity index (χ0v) is 18.0. The number of H-pyrrole nitrogens is 1. The molecular formula is C26H25F3N2O2. The second kappa shape index (κ2) is 10.2. The minimum atomic E-state index is -4.50.